The van der Waals surface area contributed by atoms with Crippen molar-refractivity contribution in [2.24, 2.45) is 0 Å². The Bertz CT molecular complexity index is 501. The van der Waals surface area contributed by atoms with Crippen LogP contribution in [0.15, 0.2) is 35.3 Å². The van der Waals surface area contributed by atoms with E-state index in [1.54, 1.807) is 18.2 Å². The summed E-state index contributed by atoms with van der Waals surface area (Å²) >= 11 is 3.28. The zero-order valence-corrected chi connectivity index (χ0v) is 12.0. The van der Waals surface area contributed by atoms with Crippen molar-refractivity contribution in [3.05, 3.63) is 40.9 Å². The highest BCUT2D eigenvalue weighted by atomic mass is 79.9. The minimum absolute atomic E-state index is 0.175. The van der Waals surface area contributed by atoms with Crippen LogP contribution in [0.3, 0.4) is 0 Å². The van der Waals surface area contributed by atoms with Gasteiger partial charge in [-0.15, -0.1) is 6.58 Å². The van der Waals surface area contributed by atoms with Gasteiger partial charge < -0.3 is 14.7 Å². The normalized spacial score (nSPS) is 9.79. The second-order valence-electron chi connectivity index (χ2n) is 3.72. The Kier molecular flexibility index (Phi) is 5.57. The van der Waals surface area contributed by atoms with Crippen molar-refractivity contribution in [2.45, 2.75) is 0 Å². The number of ether oxygens (including phenoxy) is 1. The van der Waals surface area contributed by atoms with E-state index in [9.17, 15) is 9.59 Å². The first-order valence-corrected chi connectivity index (χ1v) is 6.24. The second kappa shape index (κ2) is 6.94. The summed E-state index contributed by atoms with van der Waals surface area (Å²) in [5.74, 6) is -0.835. The number of carbonyl (C=O) groups excluding carboxylic acids is 1. The topological polar surface area (TPSA) is 66.8 Å². The lowest BCUT2D eigenvalue weighted by molar-refractivity contribution is -0.137. The van der Waals surface area contributed by atoms with Gasteiger partial charge in [-0.2, -0.15) is 0 Å². The average molecular weight is 328 g/mol. The van der Waals surface area contributed by atoms with Gasteiger partial charge in [-0.25, -0.2) is 0 Å². The van der Waals surface area contributed by atoms with E-state index in [-0.39, 0.29) is 19.0 Å². The fraction of sp³-hybridized carbons (Fsp3) is 0.231. The molecule has 0 saturated heterocycles. The van der Waals surface area contributed by atoms with E-state index in [1.807, 2.05) is 0 Å². The molecule has 1 N–H and O–H groups in total. The fourth-order valence-electron chi connectivity index (χ4n) is 1.52. The minimum Gasteiger partial charge on any atom is -0.496 e. The number of halogens is 1. The Morgan fingerprint density at radius 3 is 2.68 bits per heavy atom. The number of nitrogens with zero attached hydrogens (tertiary/aromatic N) is 1. The number of methoxy groups -OCH3 is 1. The molecule has 0 heterocycles. The molecule has 102 valence electrons. The lowest BCUT2D eigenvalue weighted by Gasteiger charge is -2.19. The first kappa shape index (κ1) is 15.2. The molecular weight excluding hydrogens is 314 g/mol. The van der Waals surface area contributed by atoms with Crippen LogP contribution >= 0.6 is 15.9 Å². The SMILES string of the molecule is C=CCN(CC(=O)O)C(=O)c1ccc(OC)c(Br)c1. The third-order valence-electron chi connectivity index (χ3n) is 2.36. The molecule has 0 aliphatic carbocycles. The molecule has 1 aromatic rings. The van der Waals surface area contributed by atoms with Crippen molar-refractivity contribution in [1.29, 1.82) is 0 Å². The molecule has 0 aromatic heterocycles. The van der Waals surface area contributed by atoms with Crippen LogP contribution in [0.2, 0.25) is 0 Å². The predicted octanol–water partition coefficient (Wildman–Crippen LogP) is 2.17. The van der Waals surface area contributed by atoms with Crippen molar-refractivity contribution in [3.63, 3.8) is 0 Å². The van der Waals surface area contributed by atoms with Crippen molar-refractivity contribution in [2.75, 3.05) is 20.2 Å². The van der Waals surface area contributed by atoms with Crippen LogP contribution in [-0.2, 0) is 4.79 Å². The first-order valence-electron chi connectivity index (χ1n) is 5.45. The summed E-state index contributed by atoms with van der Waals surface area (Å²) in [6.45, 7) is 3.32. The number of aliphatic carboxylic acids is 1. The van der Waals surface area contributed by atoms with Gasteiger partial charge in [0.1, 0.15) is 12.3 Å². The van der Waals surface area contributed by atoms with Gasteiger partial charge in [0.15, 0.2) is 0 Å². The van der Waals surface area contributed by atoms with Gasteiger partial charge in [-0.1, -0.05) is 6.08 Å². The number of hydrogen-bond donors (Lipinski definition) is 1. The summed E-state index contributed by atoms with van der Waals surface area (Å²) in [6, 6.07) is 4.83. The van der Waals surface area contributed by atoms with E-state index in [0.29, 0.717) is 15.8 Å². The molecule has 5 nitrogen and oxygen atoms in total. The minimum atomic E-state index is -1.07. The third kappa shape index (κ3) is 4.10. The maximum Gasteiger partial charge on any atom is 0.323 e. The summed E-state index contributed by atoms with van der Waals surface area (Å²) in [5, 5.41) is 8.79. The van der Waals surface area contributed by atoms with Gasteiger partial charge in [0.05, 0.1) is 11.6 Å². The number of hydrogen-bond acceptors (Lipinski definition) is 3. The largest absolute Gasteiger partial charge is 0.496 e. The molecule has 1 aromatic carbocycles. The molecule has 0 unspecified atom stereocenters. The molecule has 0 fully saturated rings. The molecule has 19 heavy (non-hydrogen) atoms. The monoisotopic (exact) mass is 327 g/mol. The molecule has 0 aliphatic rings. The van der Waals surface area contributed by atoms with E-state index in [1.165, 1.54) is 18.1 Å². The lowest BCUT2D eigenvalue weighted by atomic mass is 10.2. The molecular formula is C13H14BrNO4. The van der Waals surface area contributed by atoms with Crippen molar-refractivity contribution in [1.82, 2.24) is 4.90 Å². The Labute approximate surface area is 119 Å². The average Bonchev–Trinajstić information content (AvgIpc) is 2.36. The first-order chi connectivity index (χ1) is 8.99. The maximum absolute atomic E-state index is 12.2. The van der Waals surface area contributed by atoms with Gasteiger partial charge in [0.2, 0.25) is 0 Å². The zero-order chi connectivity index (χ0) is 14.4. The summed E-state index contributed by atoms with van der Waals surface area (Å²) in [5.41, 5.74) is 0.385. The van der Waals surface area contributed by atoms with Crippen LogP contribution in [0, 0.1) is 0 Å². The van der Waals surface area contributed by atoms with Gasteiger partial charge in [-0.05, 0) is 34.1 Å². The van der Waals surface area contributed by atoms with Gasteiger partial charge >= 0.3 is 5.97 Å². The molecule has 0 atom stereocenters. The quantitative estimate of drug-likeness (QED) is 0.813. The number of carbonyl (C=O) groups is 2. The molecule has 1 rings (SSSR count). The van der Waals surface area contributed by atoms with E-state index in [2.05, 4.69) is 22.5 Å². The van der Waals surface area contributed by atoms with Crippen molar-refractivity contribution < 1.29 is 19.4 Å². The zero-order valence-electron chi connectivity index (χ0n) is 10.4. The summed E-state index contributed by atoms with van der Waals surface area (Å²) in [4.78, 5) is 24.1. The predicted molar refractivity (Wildman–Crippen MR) is 74.4 cm³/mol. The van der Waals surface area contributed by atoms with Crippen molar-refractivity contribution in [3.8, 4) is 5.75 Å². The number of benzene rings is 1. The molecule has 6 heteroatoms. The maximum atomic E-state index is 12.2. The number of carboxylic acids is 1. The van der Waals surface area contributed by atoms with Crippen LogP contribution in [0.1, 0.15) is 10.4 Å². The third-order valence-corrected chi connectivity index (χ3v) is 2.98. The van der Waals surface area contributed by atoms with Gasteiger partial charge in [0, 0.05) is 12.1 Å². The highest BCUT2D eigenvalue weighted by Crippen LogP contribution is 2.26. The smallest absolute Gasteiger partial charge is 0.323 e. The Balaban J connectivity index is 2.98. The van der Waals surface area contributed by atoms with Crippen LogP contribution in [0.25, 0.3) is 0 Å². The highest BCUT2D eigenvalue weighted by Gasteiger charge is 2.18. The highest BCUT2D eigenvalue weighted by molar-refractivity contribution is 9.10. The molecule has 0 spiro atoms. The Morgan fingerprint density at radius 1 is 1.53 bits per heavy atom. The van der Waals surface area contributed by atoms with Crippen molar-refractivity contribution >= 4 is 27.8 Å². The standard InChI is InChI=1S/C13H14BrNO4/c1-3-6-15(8-12(16)17)13(18)9-4-5-11(19-2)10(14)7-9/h3-5,7H,1,6,8H2,2H3,(H,16,17). The Hall–Kier alpha value is -1.82. The summed E-state index contributed by atoms with van der Waals surface area (Å²) < 4.78 is 5.70. The van der Waals surface area contributed by atoms with Crippen LogP contribution in [0.4, 0.5) is 0 Å². The molecule has 0 aliphatic heterocycles. The van der Waals surface area contributed by atoms with Gasteiger partial charge in [0.25, 0.3) is 5.91 Å². The van der Waals surface area contributed by atoms with Crippen LogP contribution in [0.5, 0.6) is 5.75 Å². The molecule has 1 amide bonds. The van der Waals surface area contributed by atoms with E-state index < -0.39 is 5.97 Å². The Morgan fingerprint density at radius 2 is 2.21 bits per heavy atom. The molecule has 0 radical (unpaired) electrons. The second-order valence-corrected chi connectivity index (χ2v) is 4.57. The van der Waals surface area contributed by atoms with Crippen LogP contribution < -0.4 is 4.74 Å². The molecule has 0 bridgehead atoms. The van der Waals surface area contributed by atoms with Gasteiger partial charge in [-0.3, -0.25) is 9.59 Å². The summed E-state index contributed by atoms with van der Waals surface area (Å²) in [6.07, 6.45) is 1.49. The van der Waals surface area contributed by atoms with Crippen LogP contribution in [-0.4, -0.2) is 42.1 Å². The van der Waals surface area contributed by atoms with E-state index in [4.69, 9.17) is 9.84 Å². The number of carboxylic acid groups (broad SMARTS) is 1. The van der Waals surface area contributed by atoms with E-state index >= 15 is 0 Å². The summed E-state index contributed by atoms with van der Waals surface area (Å²) in [7, 11) is 1.52. The number of rotatable bonds is 6. The fourth-order valence-corrected chi connectivity index (χ4v) is 2.06. The number of amides is 1. The van der Waals surface area contributed by atoms with E-state index in [0.717, 1.165) is 0 Å². The molecule has 0 saturated carbocycles. The lowest BCUT2D eigenvalue weighted by Crippen LogP contribution is -2.35.